The zero-order chi connectivity index (χ0) is 19.7. The van der Waals surface area contributed by atoms with Crippen LogP contribution < -0.4 is 0 Å². The SMILES string of the molecule is O=C(O)c1cc(-c2cc(C(=O)O)cc(-n3cncn3)c2)cc(-n2cncn2)c1. The van der Waals surface area contributed by atoms with Crippen LogP contribution in [0, 0.1) is 0 Å². The molecule has 0 saturated heterocycles. The fourth-order valence-electron chi connectivity index (χ4n) is 2.75. The number of hydrogen-bond donors (Lipinski definition) is 2. The Morgan fingerprint density at radius 1 is 0.679 bits per heavy atom. The minimum atomic E-state index is -1.12. The zero-order valence-corrected chi connectivity index (χ0v) is 14.2. The summed E-state index contributed by atoms with van der Waals surface area (Å²) in [5.41, 5.74) is 2.05. The molecule has 4 rings (SSSR count). The van der Waals surface area contributed by atoms with Crippen molar-refractivity contribution in [3.8, 4) is 22.5 Å². The third-order valence-corrected chi connectivity index (χ3v) is 4.03. The molecule has 2 N–H and O–H groups in total. The molecule has 2 aromatic carbocycles. The van der Waals surface area contributed by atoms with Gasteiger partial charge in [0.2, 0.25) is 0 Å². The molecule has 0 radical (unpaired) electrons. The molecule has 138 valence electrons. The predicted molar refractivity (Wildman–Crippen MR) is 95.6 cm³/mol. The Kier molecular flexibility index (Phi) is 4.13. The molecule has 0 fully saturated rings. The number of carboxylic acid groups (broad SMARTS) is 2. The van der Waals surface area contributed by atoms with E-state index in [2.05, 4.69) is 20.2 Å². The number of rotatable bonds is 5. The van der Waals surface area contributed by atoms with E-state index in [0.717, 1.165) is 0 Å². The maximum atomic E-state index is 11.6. The van der Waals surface area contributed by atoms with E-state index in [-0.39, 0.29) is 11.1 Å². The van der Waals surface area contributed by atoms with E-state index >= 15 is 0 Å². The van der Waals surface area contributed by atoms with E-state index in [9.17, 15) is 19.8 Å². The van der Waals surface area contributed by atoms with Crippen molar-refractivity contribution >= 4 is 11.9 Å². The lowest BCUT2D eigenvalue weighted by atomic mass is 9.99. The van der Waals surface area contributed by atoms with Crippen LogP contribution in [-0.4, -0.2) is 51.7 Å². The van der Waals surface area contributed by atoms with Gasteiger partial charge in [-0.15, -0.1) is 0 Å². The lowest BCUT2D eigenvalue weighted by Gasteiger charge is -2.11. The molecule has 0 unspecified atom stereocenters. The van der Waals surface area contributed by atoms with Gasteiger partial charge in [0.25, 0.3) is 0 Å². The summed E-state index contributed by atoms with van der Waals surface area (Å²) in [6.07, 6.45) is 5.56. The van der Waals surface area contributed by atoms with Gasteiger partial charge in [0.1, 0.15) is 25.3 Å². The molecule has 0 bridgehead atoms. The van der Waals surface area contributed by atoms with Gasteiger partial charge in [-0.05, 0) is 47.5 Å². The lowest BCUT2D eigenvalue weighted by Crippen LogP contribution is -2.04. The second-order valence-electron chi connectivity index (χ2n) is 5.83. The van der Waals surface area contributed by atoms with Gasteiger partial charge < -0.3 is 10.2 Å². The first-order valence-corrected chi connectivity index (χ1v) is 7.98. The number of carbonyl (C=O) groups is 2. The van der Waals surface area contributed by atoms with Crippen LogP contribution in [0.25, 0.3) is 22.5 Å². The van der Waals surface area contributed by atoms with Crippen molar-refractivity contribution in [3.05, 3.63) is 72.8 Å². The third-order valence-electron chi connectivity index (χ3n) is 4.03. The molecule has 0 aliphatic heterocycles. The van der Waals surface area contributed by atoms with E-state index < -0.39 is 11.9 Å². The Hall–Kier alpha value is -4.34. The van der Waals surface area contributed by atoms with Crippen molar-refractivity contribution in [2.75, 3.05) is 0 Å². The summed E-state index contributed by atoms with van der Waals surface area (Å²) in [7, 11) is 0. The Morgan fingerprint density at radius 3 is 1.43 bits per heavy atom. The quantitative estimate of drug-likeness (QED) is 0.539. The minimum Gasteiger partial charge on any atom is -0.478 e. The maximum Gasteiger partial charge on any atom is 0.335 e. The molecule has 0 spiro atoms. The van der Waals surface area contributed by atoms with Gasteiger partial charge in [-0.2, -0.15) is 10.2 Å². The monoisotopic (exact) mass is 376 g/mol. The molecule has 28 heavy (non-hydrogen) atoms. The van der Waals surface area contributed by atoms with Gasteiger partial charge in [0, 0.05) is 0 Å². The van der Waals surface area contributed by atoms with E-state index in [4.69, 9.17) is 0 Å². The highest BCUT2D eigenvalue weighted by atomic mass is 16.4. The number of aromatic nitrogens is 6. The van der Waals surface area contributed by atoms with Crippen LogP contribution in [0.5, 0.6) is 0 Å². The van der Waals surface area contributed by atoms with Crippen molar-refractivity contribution in [2.45, 2.75) is 0 Å². The first-order valence-electron chi connectivity index (χ1n) is 7.98. The fraction of sp³-hybridized carbons (Fsp3) is 0. The highest BCUT2D eigenvalue weighted by Crippen LogP contribution is 2.27. The molecular weight excluding hydrogens is 364 g/mol. The molecule has 4 aromatic rings. The molecule has 10 heteroatoms. The van der Waals surface area contributed by atoms with Crippen LogP contribution in [0.3, 0.4) is 0 Å². The van der Waals surface area contributed by atoms with E-state index in [0.29, 0.717) is 22.5 Å². The van der Waals surface area contributed by atoms with Crippen LogP contribution in [0.15, 0.2) is 61.7 Å². The van der Waals surface area contributed by atoms with Crippen molar-refractivity contribution in [1.29, 1.82) is 0 Å². The van der Waals surface area contributed by atoms with Gasteiger partial charge in [-0.25, -0.2) is 28.9 Å². The summed E-state index contributed by atoms with van der Waals surface area (Å²) in [6, 6.07) is 9.25. The van der Waals surface area contributed by atoms with Gasteiger partial charge >= 0.3 is 11.9 Å². The fourth-order valence-corrected chi connectivity index (χ4v) is 2.75. The highest BCUT2D eigenvalue weighted by molar-refractivity contribution is 5.93. The van der Waals surface area contributed by atoms with Crippen molar-refractivity contribution < 1.29 is 19.8 Å². The van der Waals surface area contributed by atoms with Crippen LogP contribution in [0.1, 0.15) is 20.7 Å². The second-order valence-corrected chi connectivity index (χ2v) is 5.83. The van der Waals surface area contributed by atoms with Gasteiger partial charge in [-0.3, -0.25) is 0 Å². The van der Waals surface area contributed by atoms with Gasteiger partial charge in [0.05, 0.1) is 22.5 Å². The summed E-state index contributed by atoms with van der Waals surface area (Å²) in [6.45, 7) is 0. The largest absolute Gasteiger partial charge is 0.478 e. The summed E-state index contributed by atoms with van der Waals surface area (Å²) < 4.78 is 2.85. The van der Waals surface area contributed by atoms with Crippen molar-refractivity contribution in [1.82, 2.24) is 29.5 Å². The van der Waals surface area contributed by atoms with E-state index in [1.165, 1.54) is 58.9 Å². The molecule has 10 nitrogen and oxygen atoms in total. The molecule has 0 saturated carbocycles. The number of benzene rings is 2. The molecule has 2 aromatic heterocycles. The average molecular weight is 376 g/mol. The smallest absolute Gasteiger partial charge is 0.335 e. The second kappa shape index (κ2) is 6.76. The van der Waals surface area contributed by atoms with Gasteiger partial charge in [-0.1, -0.05) is 0 Å². The lowest BCUT2D eigenvalue weighted by molar-refractivity contribution is 0.0686. The van der Waals surface area contributed by atoms with Crippen molar-refractivity contribution in [3.63, 3.8) is 0 Å². The molecule has 0 aliphatic carbocycles. The summed E-state index contributed by atoms with van der Waals surface area (Å²) in [5, 5.41) is 27.0. The number of hydrogen-bond acceptors (Lipinski definition) is 6. The normalized spacial score (nSPS) is 10.7. The van der Waals surface area contributed by atoms with Crippen LogP contribution >= 0.6 is 0 Å². The maximum absolute atomic E-state index is 11.6. The minimum absolute atomic E-state index is 0.0334. The zero-order valence-electron chi connectivity index (χ0n) is 14.2. The Bertz CT molecular complexity index is 1080. The number of nitrogens with zero attached hydrogens (tertiary/aromatic N) is 6. The van der Waals surface area contributed by atoms with Crippen LogP contribution in [0.2, 0.25) is 0 Å². The Labute approximate surface area is 157 Å². The molecular formula is C18H12N6O4. The summed E-state index contributed by atoms with van der Waals surface area (Å²) >= 11 is 0. The van der Waals surface area contributed by atoms with E-state index in [1.807, 2.05) is 0 Å². The molecule has 0 atom stereocenters. The molecule has 0 amide bonds. The Balaban J connectivity index is 1.93. The first-order chi connectivity index (χ1) is 13.5. The highest BCUT2D eigenvalue weighted by Gasteiger charge is 2.14. The number of carboxylic acids is 2. The van der Waals surface area contributed by atoms with Crippen molar-refractivity contribution in [2.24, 2.45) is 0 Å². The molecule has 0 aliphatic rings. The number of aromatic carboxylic acids is 2. The topological polar surface area (TPSA) is 136 Å². The summed E-state index contributed by atoms with van der Waals surface area (Å²) in [5.74, 6) is -2.23. The standard InChI is InChI=1S/C18H12N6O4/c25-17(26)13-1-11(3-15(5-13)23-9-19-7-21-23)12-2-14(18(27)28)6-16(4-12)24-10-20-8-22-24/h1-10H,(H,25,26)(H,27,28). The third kappa shape index (κ3) is 3.21. The van der Waals surface area contributed by atoms with Gasteiger partial charge in [0.15, 0.2) is 0 Å². The summed E-state index contributed by atoms with van der Waals surface area (Å²) in [4.78, 5) is 30.9. The predicted octanol–water partition coefficient (Wildman–Crippen LogP) is 1.91. The van der Waals surface area contributed by atoms with E-state index in [1.54, 1.807) is 12.1 Å². The van der Waals surface area contributed by atoms with Crippen LogP contribution in [0.4, 0.5) is 0 Å². The Morgan fingerprint density at radius 2 is 1.11 bits per heavy atom. The molecule has 2 heterocycles. The van der Waals surface area contributed by atoms with Crippen LogP contribution in [-0.2, 0) is 0 Å². The first kappa shape index (κ1) is 17.1. The average Bonchev–Trinajstić information content (AvgIpc) is 3.41.